The summed E-state index contributed by atoms with van der Waals surface area (Å²) in [4.78, 5) is 14.0. The SMILES string of the molecule is BC(B)(C)Oc1ccc(NC(=O)N2CCCCC2)cc1P. The molecule has 2 rings (SSSR count). The maximum absolute atomic E-state index is 12.2. The van der Waals surface area contributed by atoms with Gasteiger partial charge in [0, 0.05) is 29.5 Å². The highest BCUT2D eigenvalue weighted by Crippen LogP contribution is 2.20. The summed E-state index contributed by atoms with van der Waals surface area (Å²) in [5.41, 5.74) is 0.803. The van der Waals surface area contributed by atoms with E-state index in [1.54, 1.807) is 0 Å². The summed E-state index contributed by atoms with van der Waals surface area (Å²) in [5, 5.41) is 3.67. The minimum absolute atomic E-state index is 0.0106. The molecule has 0 radical (unpaired) electrons. The van der Waals surface area contributed by atoms with Crippen LogP contribution >= 0.6 is 9.24 Å². The highest BCUT2D eigenvalue weighted by molar-refractivity contribution is 7.27. The van der Waals surface area contributed by atoms with E-state index in [0.29, 0.717) is 0 Å². The van der Waals surface area contributed by atoms with Crippen LogP contribution in [0.3, 0.4) is 0 Å². The van der Waals surface area contributed by atoms with Crippen molar-refractivity contribution in [1.82, 2.24) is 4.90 Å². The number of amides is 2. The van der Waals surface area contributed by atoms with Gasteiger partial charge in [0.1, 0.15) is 21.4 Å². The summed E-state index contributed by atoms with van der Waals surface area (Å²) in [6.45, 7) is 3.72. The number of anilines is 1. The Morgan fingerprint density at radius 3 is 2.57 bits per heavy atom. The molecule has 0 saturated carbocycles. The second-order valence-electron chi connectivity index (χ2n) is 6.44. The van der Waals surface area contributed by atoms with Crippen molar-refractivity contribution in [1.29, 1.82) is 0 Å². The topological polar surface area (TPSA) is 41.6 Å². The Kier molecular flexibility index (Phi) is 5.21. The fourth-order valence-corrected chi connectivity index (χ4v) is 2.68. The van der Waals surface area contributed by atoms with Crippen LogP contribution in [0.4, 0.5) is 10.5 Å². The number of carbonyl (C=O) groups excluding carboxylic acids is 1. The van der Waals surface area contributed by atoms with Crippen LogP contribution in [0.25, 0.3) is 0 Å². The first-order valence-electron chi connectivity index (χ1n) is 7.50. The first-order chi connectivity index (χ1) is 9.85. The summed E-state index contributed by atoms with van der Waals surface area (Å²) >= 11 is 0. The lowest BCUT2D eigenvalue weighted by Gasteiger charge is -2.27. The first-order valence-corrected chi connectivity index (χ1v) is 8.07. The molecule has 1 aliphatic rings. The van der Waals surface area contributed by atoms with Gasteiger partial charge in [0.05, 0.1) is 0 Å². The molecule has 4 nitrogen and oxygen atoms in total. The zero-order valence-corrected chi connectivity index (χ0v) is 14.3. The minimum Gasteiger partial charge on any atom is -0.505 e. The Balaban J connectivity index is 2.01. The second-order valence-corrected chi connectivity index (χ2v) is 7.07. The van der Waals surface area contributed by atoms with Gasteiger partial charge >= 0.3 is 6.03 Å². The molecule has 1 aromatic carbocycles. The first kappa shape index (κ1) is 16.2. The number of likely N-dealkylation sites (tertiary alicyclic amines) is 1. The van der Waals surface area contributed by atoms with Crippen molar-refractivity contribution < 1.29 is 9.53 Å². The molecular weight excluding hydrogens is 281 g/mol. The van der Waals surface area contributed by atoms with Crippen molar-refractivity contribution in [3.05, 3.63) is 18.2 Å². The van der Waals surface area contributed by atoms with Crippen LogP contribution in [-0.2, 0) is 0 Å². The molecule has 112 valence electrons. The van der Waals surface area contributed by atoms with E-state index in [9.17, 15) is 4.79 Å². The maximum Gasteiger partial charge on any atom is 0.321 e. The van der Waals surface area contributed by atoms with Crippen molar-refractivity contribution in [3.63, 3.8) is 0 Å². The Morgan fingerprint density at radius 1 is 1.33 bits per heavy atom. The van der Waals surface area contributed by atoms with Gasteiger partial charge in [-0.2, -0.15) is 0 Å². The molecule has 1 N–H and O–H groups in total. The summed E-state index contributed by atoms with van der Waals surface area (Å²) in [5.74, 6) is 0.823. The van der Waals surface area contributed by atoms with Crippen molar-refractivity contribution in [2.24, 2.45) is 0 Å². The predicted octanol–water partition coefficient (Wildman–Crippen LogP) is 0.523. The lowest BCUT2D eigenvalue weighted by molar-refractivity contribution is 0.200. The molecule has 1 saturated heterocycles. The maximum atomic E-state index is 12.2. The molecule has 1 heterocycles. The van der Waals surface area contributed by atoms with E-state index in [2.05, 4.69) is 14.6 Å². The molecule has 1 aliphatic heterocycles. The van der Waals surface area contributed by atoms with Gasteiger partial charge < -0.3 is 15.0 Å². The van der Waals surface area contributed by atoms with E-state index in [-0.39, 0.29) is 11.4 Å². The molecule has 21 heavy (non-hydrogen) atoms. The van der Waals surface area contributed by atoms with Crippen molar-refractivity contribution in [2.45, 2.75) is 31.6 Å². The number of nitrogens with one attached hydrogen (secondary N) is 1. The number of ether oxygens (including phenoxy) is 1. The van der Waals surface area contributed by atoms with Gasteiger partial charge in [0.15, 0.2) is 0 Å². The van der Waals surface area contributed by atoms with E-state index in [1.165, 1.54) is 6.42 Å². The van der Waals surface area contributed by atoms with Crippen LogP contribution in [0.5, 0.6) is 5.75 Å². The van der Waals surface area contributed by atoms with Crippen LogP contribution in [0.15, 0.2) is 18.2 Å². The summed E-state index contributed by atoms with van der Waals surface area (Å²) < 4.78 is 5.86. The quantitative estimate of drug-likeness (QED) is 0.653. The minimum atomic E-state index is -0.232. The average Bonchev–Trinajstić information content (AvgIpc) is 2.41. The number of benzene rings is 1. The van der Waals surface area contributed by atoms with E-state index in [4.69, 9.17) is 4.74 Å². The zero-order valence-electron chi connectivity index (χ0n) is 13.1. The highest BCUT2D eigenvalue weighted by atomic mass is 31.0. The molecular formula is C14H23B2N2O2P. The number of nitrogens with zero attached hydrogens (tertiary/aromatic N) is 1. The molecule has 7 heteroatoms. The van der Waals surface area contributed by atoms with Gasteiger partial charge in [-0.25, -0.2) is 4.79 Å². The predicted molar refractivity (Wildman–Crippen MR) is 96.3 cm³/mol. The molecule has 1 aromatic rings. The molecule has 2 amide bonds. The number of carbonyl (C=O) groups is 1. The fourth-order valence-electron chi connectivity index (χ4n) is 2.35. The molecule has 1 atom stereocenters. The summed E-state index contributed by atoms with van der Waals surface area (Å²) in [7, 11) is 6.70. The summed E-state index contributed by atoms with van der Waals surface area (Å²) in [6.07, 6.45) is 3.42. The summed E-state index contributed by atoms with van der Waals surface area (Å²) in [6, 6.07) is 5.70. The van der Waals surface area contributed by atoms with Crippen molar-refractivity contribution in [3.8, 4) is 5.75 Å². The van der Waals surface area contributed by atoms with Gasteiger partial charge in [0.2, 0.25) is 0 Å². The Bertz CT molecular complexity index is 514. The zero-order chi connectivity index (χ0) is 15.5. The van der Waals surface area contributed by atoms with Crippen LogP contribution in [0, 0.1) is 0 Å². The van der Waals surface area contributed by atoms with Gasteiger partial charge in [-0.3, -0.25) is 0 Å². The van der Waals surface area contributed by atoms with Crippen molar-refractivity contribution in [2.75, 3.05) is 18.4 Å². The Labute approximate surface area is 131 Å². The average molecular weight is 304 g/mol. The third-order valence-electron chi connectivity index (χ3n) is 3.32. The number of rotatable bonds is 3. The lowest BCUT2D eigenvalue weighted by Crippen LogP contribution is -2.38. The van der Waals surface area contributed by atoms with Crippen LogP contribution in [0.2, 0.25) is 0 Å². The number of hydrogen-bond donors (Lipinski definition) is 1. The van der Waals surface area contributed by atoms with E-state index < -0.39 is 0 Å². The number of piperidine rings is 1. The highest BCUT2D eigenvalue weighted by Gasteiger charge is 2.17. The van der Waals surface area contributed by atoms with Crippen molar-refractivity contribution >= 4 is 42.0 Å². The smallest absolute Gasteiger partial charge is 0.321 e. The van der Waals surface area contributed by atoms with Gasteiger partial charge in [-0.05, 0) is 44.4 Å². The van der Waals surface area contributed by atoms with E-state index in [1.807, 2.05) is 45.7 Å². The third-order valence-corrected chi connectivity index (χ3v) is 3.77. The Morgan fingerprint density at radius 2 is 2.00 bits per heavy atom. The van der Waals surface area contributed by atoms with Gasteiger partial charge in [-0.1, -0.05) is 0 Å². The van der Waals surface area contributed by atoms with E-state index in [0.717, 1.165) is 42.7 Å². The molecule has 0 aliphatic carbocycles. The van der Waals surface area contributed by atoms with E-state index >= 15 is 0 Å². The fraction of sp³-hybridized carbons (Fsp3) is 0.500. The molecule has 0 spiro atoms. The number of urea groups is 1. The lowest BCUT2D eigenvalue weighted by atomic mass is 9.67. The number of hydrogen-bond acceptors (Lipinski definition) is 2. The largest absolute Gasteiger partial charge is 0.505 e. The molecule has 1 unspecified atom stereocenters. The Hall–Kier alpha value is -1.15. The normalized spacial score (nSPS) is 15.6. The molecule has 1 fully saturated rings. The second kappa shape index (κ2) is 6.74. The van der Waals surface area contributed by atoms with Crippen LogP contribution in [-0.4, -0.2) is 45.1 Å². The third kappa shape index (κ3) is 4.96. The van der Waals surface area contributed by atoms with Crippen LogP contribution in [0.1, 0.15) is 26.2 Å². The van der Waals surface area contributed by atoms with Gasteiger partial charge in [-0.15, -0.1) is 9.24 Å². The van der Waals surface area contributed by atoms with Crippen LogP contribution < -0.4 is 15.4 Å². The standard InChI is InChI=1S/C14H23B2N2O2P/c1-14(15,16)20-11-6-5-10(9-12(11)21)17-13(19)18-7-3-2-4-8-18/h5-6,9H,2-4,7-8,15-16,21H2,1H3,(H,17,19). The molecule has 0 bridgehead atoms. The molecule has 0 aromatic heterocycles. The van der Waals surface area contributed by atoms with Gasteiger partial charge in [0.25, 0.3) is 0 Å². The monoisotopic (exact) mass is 304 g/mol.